The number of rotatable bonds is 7. The normalized spacial score (nSPS) is 11.7. The summed E-state index contributed by atoms with van der Waals surface area (Å²) in [6.45, 7) is 2.97. The molecule has 0 saturated carbocycles. The molecule has 1 N–H and O–H groups in total. The highest BCUT2D eigenvalue weighted by Gasteiger charge is 2.13. The lowest BCUT2D eigenvalue weighted by atomic mass is 10.1. The molecular weight excluding hydrogens is 318 g/mol. The lowest BCUT2D eigenvalue weighted by molar-refractivity contribution is 0.330. The van der Waals surface area contributed by atoms with Crippen LogP contribution in [0.15, 0.2) is 29.6 Å². The second-order valence-electron chi connectivity index (χ2n) is 4.72. The fourth-order valence-electron chi connectivity index (χ4n) is 2.04. The fourth-order valence-corrected chi connectivity index (χ4v) is 3.09. The zero-order chi connectivity index (χ0) is 15.9. The van der Waals surface area contributed by atoms with E-state index in [1.54, 1.807) is 18.4 Å². The maximum absolute atomic E-state index is 6.26. The summed E-state index contributed by atoms with van der Waals surface area (Å²) < 4.78 is 10.8. The van der Waals surface area contributed by atoms with Gasteiger partial charge in [0.05, 0.1) is 12.1 Å². The van der Waals surface area contributed by atoms with E-state index in [4.69, 9.17) is 27.5 Å². The lowest BCUT2D eigenvalue weighted by Crippen LogP contribution is -2.17. The van der Waals surface area contributed by atoms with Crippen LogP contribution in [0.1, 0.15) is 23.4 Å². The van der Waals surface area contributed by atoms with Gasteiger partial charge in [-0.3, -0.25) is 0 Å². The van der Waals surface area contributed by atoms with E-state index in [1.807, 2.05) is 12.1 Å². The predicted molar refractivity (Wildman–Crippen MR) is 91.9 cm³/mol. The molecule has 0 amide bonds. The molecule has 1 aromatic carbocycles. The Labute approximate surface area is 140 Å². The highest BCUT2D eigenvalue weighted by Crippen LogP contribution is 2.36. The first-order valence-electron chi connectivity index (χ1n) is 6.85. The minimum Gasteiger partial charge on any atom is -0.493 e. The molecule has 0 bridgehead atoms. The van der Waals surface area contributed by atoms with Crippen molar-refractivity contribution in [3.05, 3.63) is 45.1 Å². The molecule has 1 heterocycles. The molecule has 0 unspecified atom stereocenters. The van der Waals surface area contributed by atoms with Crippen LogP contribution in [0.2, 0.25) is 5.02 Å². The average Bonchev–Trinajstić information content (AvgIpc) is 3.05. The number of ether oxygens (including phenoxy) is 2. The van der Waals surface area contributed by atoms with Gasteiger partial charge in [-0.2, -0.15) is 0 Å². The summed E-state index contributed by atoms with van der Waals surface area (Å²) in [6.07, 6.45) is 5.21. The van der Waals surface area contributed by atoms with Crippen molar-refractivity contribution in [3.8, 4) is 23.8 Å². The molecule has 2 aromatic rings. The second-order valence-corrected chi connectivity index (χ2v) is 6.11. The van der Waals surface area contributed by atoms with Crippen LogP contribution in [0, 0.1) is 12.3 Å². The van der Waals surface area contributed by atoms with E-state index in [-0.39, 0.29) is 12.6 Å². The quantitative estimate of drug-likeness (QED) is 0.766. The Hall–Kier alpha value is -1.67. The van der Waals surface area contributed by atoms with Crippen LogP contribution in [-0.4, -0.2) is 13.7 Å². The SMILES string of the molecule is C#CCOc1c(Cl)cc(CN[C@@H](C)c2cccs2)cc1OC. The van der Waals surface area contributed by atoms with Crippen molar-refractivity contribution in [1.29, 1.82) is 0 Å². The zero-order valence-electron chi connectivity index (χ0n) is 12.6. The summed E-state index contributed by atoms with van der Waals surface area (Å²) in [4.78, 5) is 1.30. The third kappa shape index (κ3) is 4.17. The van der Waals surface area contributed by atoms with Gasteiger partial charge >= 0.3 is 0 Å². The Morgan fingerprint density at radius 2 is 2.27 bits per heavy atom. The Morgan fingerprint density at radius 1 is 1.45 bits per heavy atom. The monoisotopic (exact) mass is 335 g/mol. The third-order valence-corrected chi connectivity index (χ3v) is 4.51. The number of hydrogen-bond donors (Lipinski definition) is 1. The minimum absolute atomic E-state index is 0.156. The first-order valence-corrected chi connectivity index (χ1v) is 8.11. The number of benzene rings is 1. The van der Waals surface area contributed by atoms with E-state index in [9.17, 15) is 0 Å². The molecule has 1 aromatic heterocycles. The second kappa shape index (κ2) is 8.09. The predicted octanol–water partition coefficient (Wildman–Crippen LogP) is 4.27. The van der Waals surface area contributed by atoms with Crippen LogP contribution in [0.4, 0.5) is 0 Å². The van der Waals surface area contributed by atoms with Gasteiger partial charge in [0.1, 0.15) is 6.61 Å². The van der Waals surface area contributed by atoms with Gasteiger partial charge in [-0.25, -0.2) is 0 Å². The highest BCUT2D eigenvalue weighted by molar-refractivity contribution is 7.10. The molecule has 22 heavy (non-hydrogen) atoms. The van der Waals surface area contributed by atoms with Crippen LogP contribution in [0.25, 0.3) is 0 Å². The summed E-state index contributed by atoms with van der Waals surface area (Å²) in [7, 11) is 1.58. The van der Waals surface area contributed by atoms with Crippen LogP contribution in [0.5, 0.6) is 11.5 Å². The Kier molecular flexibility index (Phi) is 6.14. The van der Waals surface area contributed by atoms with Crippen molar-refractivity contribution >= 4 is 22.9 Å². The Balaban J connectivity index is 2.08. The van der Waals surface area contributed by atoms with E-state index in [1.165, 1.54) is 4.88 Å². The number of methoxy groups -OCH3 is 1. The van der Waals surface area contributed by atoms with Crippen LogP contribution < -0.4 is 14.8 Å². The molecule has 0 fully saturated rings. The molecule has 1 atom stereocenters. The number of terminal acetylenes is 1. The summed E-state index contributed by atoms with van der Waals surface area (Å²) in [5.74, 6) is 3.49. The molecule has 0 radical (unpaired) electrons. The van der Waals surface area contributed by atoms with E-state index in [2.05, 4.69) is 35.7 Å². The topological polar surface area (TPSA) is 30.5 Å². The minimum atomic E-state index is 0.156. The van der Waals surface area contributed by atoms with Gasteiger partial charge in [0.15, 0.2) is 11.5 Å². The van der Waals surface area contributed by atoms with E-state index in [0.717, 1.165) is 5.56 Å². The van der Waals surface area contributed by atoms with Gasteiger partial charge in [-0.1, -0.05) is 23.6 Å². The van der Waals surface area contributed by atoms with Gasteiger partial charge in [0, 0.05) is 17.5 Å². The van der Waals surface area contributed by atoms with Gasteiger partial charge < -0.3 is 14.8 Å². The van der Waals surface area contributed by atoms with Crippen molar-refractivity contribution in [2.45, 2.75) is 19.5 Å². The van der Waals surface area contributed by atoms with Crippen molar-refractivity contribution in [2.75, 3.05) is 13.7 Å². The molecule has 0 aliphatic rings. The molecular formula is C17H18ClNO2S. The number of halogens is 1. The summed E-state index contributed by atoms with van der Waals surface area (Å²) in [5, 5.41) is 6.04. The van der Waals surface area contributed by atoms with Gasteiger partial charge in [0.2, 0.25) is 0 Å². The standard InChI is InChI=1S/C17H18ClNO2S/c1-4-7-21-17-14(18)9-13(10-15(17)20-3)11-19-12(2)16-6-5-8-22-16/h1,5-6,8-10,12,19H,7,11H2,2-3H3/t12-/m0/s1. The van der Waals surface area contributed by atoms with Crippen molar-refractivity contribution in [2.24, 2.45) is 0 Å². The van der Waals surface area contributed by atoms with E-state index in [0.29, 0.717) is 23.1 Å². The van der Waals surface area contributed by atoms with Crippen molar-refractivity contribution in [1.82, 2.24) is 5.32 Å². The molecule has 0 aliphatic heterocycles. The van der Waals surface area contributed by atoms with Gasteiger partial charge in [-0.05, 0) is 36.1 Å². The van der Waals surface area contributed by atoms with Crippen molar-refractivity contribution in [3.63, 3.8) is 0 Å². The molecule has 5 heteroatoms. The first kappa shape index (κ1) is 16.7. The molecule has 3 nitrogen and oxygen atoms in total. The van der Waals surface area contributed by atoms with Crippen molar-refractivity contribution < 1.29 is 9.47 Å². The summed E-state index contributed by atoms with van der Waals surface area (Å²) >= 11 is 8.00. The maximum Gasteiger partial charge on any atom is 0.181 e. The third-order valence-electron chi connectivity index (χ3n) is 3.17. The number of hydrogen-bond acceptors (Lipinski definition) is 4. The smallest absolute Gasteiger partial charge is 0.181 e. The molecule has 116 valence electrons. The average molecular weight is 336 g/mol. The highest BCUT2D eigenvalue weighted by atomic mass is 35.5. The largest absolute Gasteiger partial charge is 0.493 e. The molecule has 0 spiro atoms. The first-order chi connectivity index (χ1) is 10.7. The molecule has 0 saturated heterocycles. The molecule has 0 aliphatic carbocycles. The Morgan fingerprint density at radius 3 is 2.91 bits per heavy atom. The summed E-state index contributed by atoms with van der Waals surface area (Å²) in [5.41, 5.74) is 1.03. The van der Waals surface area contributed by atoms with E-state index < -0.39 is 0 Å². The Bertz CT molecular complexity index is 649. The van der Waals surface area contributed by atoms with Gasteiger partial charge in [-0.15, -0.1) is 17.8 Å². The zero-order valence-corrected chi connectivity index (χ0v) is 14.1. The maximum atomic E-state index is 6.26. The van der Waals surface area contributed by atoms with Crippen LogP contribution in [0.3, 0.4) is 0 Å². The number of thiophene rings is 1. The number of nitrogens with one attached hydrogen (secondary N) is 1. The fraction of sp³-hybridized carbons (Fsp3) is 0.294. The lowest BCUT2D eigenvalue weighted by Gasteiger charge is -2.15. The van der Waals surface area contributed by atoms with Gasteiger partial charge in [0.25, 0.3) is 0 Å². The molecule has 2 rings (SSSR count). The van der Waals surface area contributed by atoms with Crippen LogP contribution >= 0.6 is 22.9 Å². The van der Waals surface area contributed by atoms with E-state index >= 15 is 0 Å². The summed E-state index contributed by atoms with van der Waals surface area (Å²) in [6, 6.07) is 8.22. The van der Waals surface area contributed by atoms with Crippen LogP contribution in [-0.2, 0) is 6.54 Å².